The first kappa shape index (κ1) is 22.2. The van der Waals surface area contributed by atoms with E-state index in [0.717, 1.165) is 12.8 Å². The average Bonchev–Trinajstić information content (AvgIpc) is 3.52. The van der Waals surface area contributed by atoms with Gasteiger partial charge in [0.1, 0.15) is 0 Å². The summed E-state index contributed by atoms with van der Waals surface area (Å²) in [5, 5.41) is 13.1. The van der Waals surface area contributed by atoms with E-state index in [0.29, 0.717) is 19.6 Å². The monoisotopic (exact) mass is 437 g/mol. The van der Waals surface area contributed by atoms with Gasteiger partial charge in [-0.1, -0.05) is 81.4 Å². The fraction of sp³-hybridized carbons (Fsp3) is 0.500. The maximum atomic E-state index is 12.9. The molecule has 0 bridgehead atoms. The molecular weight excluding hydrogens is 402 g/mol. The Labute approximate surface area is 187 Å². The van der Waals surface area contributed by atoms with Crippen LogP contribution in [-0.2, 0) is 9.22 Å². The molecule has 2 atom stereocenters. The maximum Gasteiger partial charge on any atom is 0.261 e. The number of rotatable bonds is 6. The molecule has 1 saturated heterocycles. The van der Waals surface area contributed by atoms with Gasteiger partial charge in [-0.2, -0.15) is 0 Å². The molecule has 2 aliphatic rings. The third-order valence-corrected chi connectivity index (χ3v) is 11.8. The number of nitrogens with zero attached hydrogens (tertiary/aromatic N) is 1. The molecule has 0 radical (unpaired) electrons. The third kappa shape index (κ3) is 4.36. The zero-order valence-corrected chi connectivity index (χ0v) is 20.2. The van der Waals surface area contributed by atoms with Crippen molar-refractivity contribution in [3.05, 3.63) is 60.7 Å². The van der Waals surface area contributed by atoms with Crippen LogP contribution < -0.4 is 10.4 Å². The summed E-state index contributed by atoms with van der Waals surface area (Å²) in [6.45, 7) is 9.47. The van der Waals surface area contributed by atoms with E-state index in [2.05, 4.69) is 69.3 Å². The second-order valence-corrected chi connectivity index (χ2v) is 14.9. The first-order valence-corrected chi connectivity index (χ1v) is 13.3. The zero-order valence-electron chi connectivity index (χ0n) is 19.2. The number of hydrogen-bond donors (Lipinski definition) is 1. The van der Waals surface area contributed by atoms with Gasteiger partial charge in [-0.25, -0.2) is 0 Å². The molecule has 1 N–H and O–H groups in total. The summed E-state index contributed by atoms with van der Waals surface area (Å²) in [6, 6.07) is 21.1. The number of likely N-dealkylation sites (tertiary alicyclic amines) is 1. The highest BCUT2D eigenvalue weighted by molar-refractivity contribution is 6.99. The largest absolute Gasteiger partial charge is 0.405 e. The Balaban J connectivity index is 1.70. The normalized spacial score (nSPS) is 24.4. The first-order valence-electron chi connectivity index (χ1n) is 11.4. The van der Waals surface area contributed by atoms with E-state index in [1.807, 2.05) is 24.0 Å². The average molecular weight is 438 g/mol. The molecule has 1 saturated carbocycles. The third-order valence-electron chi connectivity index (χ3n) is 6.75. The Bertz CT molecular complexity index is 864. The lowest BCUT2D eigenvalue weighted by molar-refractivity contribution is -0.134. The summed E-state index contributed by atoms with van der Waals surface area (Å²) in [5.41, 5.74) is -0.857. The number of aliphatic hydroxyl groups is 1. The molecule has 2 fully saturated rings. The first-order chi connectivity index (χ1) is 14.6. The molecular formula is C26H35NO3Si. The molecule has 0 spiro atoms. The predicted octanol–water partition coefficient (Wildman–Crippen LogP) is 3.32. The number of carbonyl (C=O) groups excluding carboxylic acids is 1. The lowest BCUT2D eigenvalue weighted by Crippen LogP contribution is -2.67. The number of amides is 1. The van der Waals surface area contributed by atoms with Crippen LogP contribution in [0.15, 0.2) is 60.7 Å². The van der Waals surface area contributed by atoms with Gasteiger partial charge in [-0.15, -0.1) is 0 Å². The number of benzene rings is 2. The Morgan fingerprint density at radius 3 is 2.03 bits per heavy atom. The second kappa shape index (κ2) is 8.19. The number of hydrogen-bond acceptors (Lipinski definition) is 3. The molecule has 4 nitrogen and oxygen atoms in total. The Morgan fingerprint density at radius 2 is 1.58 bits per heavy atom. The molecule has 0 aromatic heterocycles. The lowest BCUT2D eigenvalue weighted by atomic mass is 10.0. The minimum absolute atomic E-state index is 0.0928. The van der Waals surface area contributed by atoms with Crippen molar-refractivity contribution < 1.29 is 14.3 Å². The highest BCUT2D eigenvalue weighted by Crippen LogP contribution is 2.39. The van der Waals surface area contributed by atoms with Crippen molar-refractivity contribution in [1.82, 2.24) is 4.90 Å². The van der Waals surface area contributed by atoms with Gasteiger partial charge in [0.2, 0.25) is 5.91 Å². The summed E-state index contributed by atoms with van der Waals surface area (Å²) < 4.78 is 7.06. The SMILES string of the molecule is CC(C)(C)[Si](OC[C@H]1C[C@](C)(O)CN1C(=O)C1CC1)(c1ccccc1)c1ccccc1. The summed E-state index contributed by atoms with van der Waals surface area (Å²) in [4.78, 5) is 14.8. The quantitative estimate of drug-likeness (QED) is 0.706. The molecule has 1 amide bonds. The van der Waals surface area contributed by atoms with E-state index >= 15 is 0 Å². The molecule has 2 aromatic rings. The van der Waals surface area contributed by atoms with Crippen molar-refractivity contribution in [3.8, 4) is 0 Å². The summed E-state index contributed by atoms with van der Waals surface area (Å²) in [6.07, 6.45) is 2.50. The van der Waals surface area contributed by atoms with E-state index in [9.17, 15) is 9.90 Å². The summed E-state index contributed by atoms with van der Waals surface area (Å²) in [5.74, 6) is 0.332. The molecule has 5 heteroatoms. The van der Waals surface area contributed by atoms with Gasteiger partial charge in [0.25, 0.3) is 8.32 Å². The highest BCUT2D eigenvalue weighted by atomic mass is 28.4. The Kier molecular flexibility index (Phi) is 5.88. The van der Waals surface area contributed by atoms with Gasteiger partial charge in [-0.3, -0.25) is 4.79 Å². The summed E-state index contributed by atoms with van der Waals surface area (Å²) in [7, 11) is -2.66. The van der Waals surface area contributed by atoms with Gasteiger partial charge in [0.15, 0.2) is 0 Å². The fourth-order valence-corrected chi connectivity index (χ4v) is 9.73. The maximum absolute atomic E-state index is 12.9. The van der Waals surface area contributed by atoms with Crippen LogP contribution in [0.25, 0.3) is 0 Å². The van der Waals surface area contributed by atoms with Gasteiger partial charge >= 0.3 is 0 Å². The van der Waals surface area contributed by atoms with Crippen LogP contribution in [0.3, 0.4) is 0 Å². The van der Waals surface area contributed by atoms with Crippen LogP contribution in [0.1, 0.15) is 47.0 Å². The van der Waals surface area contributed by atoms with Crippen LogP contribution in [-0.4, -0.2) is 49.0 Å². The topological polar surface area (TPSA) is 49.8 Å². The smallest absolute Gasteiger partial charge is 0.261 e. The molecule has 4 rings (SSSR count). The van der Waals surface area contributed by atoms with Crippen molar-refractivity contribution in [1.29, 1.82) is 0 Å². The van der Waals surface area contributed by atoms with Gasteiger partial charge < -0.3 is 14.4 Å². The Hall–Kier alpha value is -1.95. The molecule has 31 heavy (non-hydrogen) atoms. The van der Waals surface area contributed by atoms with Gasteiger partial charge in [0, 0.05) is 18.9 Å². The van der Waals surface area contributed by atoms with Crippen molar-refractivity contribution in [2.75, 3.05) is 13.2 Å². The minimum Gasteiger partial charge on any atom is -0.405 e. The van der Waals surface area contributed by atoms with E-state index in [4.69, 9.17) is 4.43 Å². The van der Waals surface area contributed by atoms with Crippen molar-refractivity contribution in [2.24, 2.45) is 5.92 Å². The summed E-state index contributed by atoms with van der Waals surface area (Å²) >= 11 is 0. The number of carbonyl (C=O) groups is 1. The standard InChI is InChI=1S/C26H35NO3Si/c1-25(2,3)31(22-11-7-5-8-12-22,23-13-9-6-10-14-23)30-18-21-17-26(4,29)19-27(21)24(28)20-15-16-20/h5-14,20-21,29H,15-19H2,1-4H3/t21-,26+/m1/s1. The molecule has 0 unspecified atom stereocenters. The van der Waals surface area contributed by atoms with E-state index in [1.165, 1.54) is 10.4 Å². The second-order valence-electron chi connectivity index (χ2n) is 10.6. The van der Waals surface area contributed by atoms with Crippen LogP contribution in [0.4, 0.5) is 0 Å². The van der Waals surface area contributed by atoms with E-state index in [1.54, 1.807) is 0 Å². The minimum atomic E-state index is -2.66. The van der Waals surface area contributed by atoms with E-state index in [-0.39, 0.29) is 22.9 Å². The lowest BCUT2D eigenvalue weighted by Gasteiger charge is -2.44. The van der Waals surface area contributed by atoms with Gasteiger partial charge in [-0.05, 0) is 35.2 Å². The molecule has 1 aliphatic heterocycles. The Morgan fingerprint density at radius 1 is 1.06 bits per heavy atom. The molecule has 166 valence electrons. The molecule has 2 aromatic carbocycles. The molecule has 1 heterocycles. The zero-order chi connectivity index (χ0) is 22.3. The molecule has 1 aliphatic carbocycles. The van der Waals surface area contributed by atoms with Crippen LogP contribution >= 0.6 is 0 Å². The van der Waals surface area contributed by atoms with Crippen molar-refractivity contribution >= 4 is 24.6 Å². The van der Waals surface area contributed by atoms with Crippen LogP contribution in [0.5, 0.6) is 0 Å². The highest BCUT2D eigenvalue weighted by Gasteiger charge is 2.52. The number of β-amino-alcohol motifs (C(OH)–C–C–N with tert-alkyl or cyclic N) is 1. The van der Waals surface area contributed by atoms with E-state index < -0.39 is 13.9 Å². The fourth-order valence-electron chi connectivity index (χ4n) is 5.13. The van der Waals surface area contributed by atoms with Crippen molar-refractivity contribution in [3.63, 3.8) is 0 Å². The van der Waals surface area contributed by atoms with Crippen molar-refractivity contribution in [2.45, 2.75) is 63.6 Å². The van der Waals surface area contributed by atoms with Gasteiger partial charge in [0.05, 0.1) is 18.2 Å². The van der Waals surface area contributed by atoms with Crippen LogP contribution in [0.2, 0.25) is 5.04 Å². The van der Waals surface area contributed by atoms with Crippen LogP contribution in [0, 0.1) is 5.92 Å². The predicted molar refractivity (Wildman–Crippen MR) is 127 cm³/mol.